The van der Waals surface area contributed by atoms with Crippen molar-refractivity contribution in [2.24, 2.45) is 17.1 Å². The van der Waals surface area contributed by atoms with E-state index in [4.69, 9.17) is 5.73 Å². The first kappa shape index (κ1) is 27.8. The molecule has 0 amide bonds. The van der Waals surface area contributed by atoms with Crippen LogP contribution in [0.1, 0.15) is 55.4 Å². The minimum Gasteiger partial charge on any atom is -0.322 e. The average molecular weight is 428 g/mol. The maximum atomic E-state index is 6.71. The quantitative estimate of drug-likeness (QED) is 0.331. The molecule has 30 heavy (non-hydrogen) atoms. The topological polar surface area (TPSA) is 98.2 Å². The summed E-state index contributed by atoms with van der Waals surface area (Å²) in [5.74, 6) is 0.538. The fourth-order valence-electron chi connectivity index (χ4n) is 3.95. The lowest BCUT2D eigenvalue weighted by Gasteiger charge is -2.44. The third kappa shape index (κ3) is 9.47. The van der Waals surface area contributed by atoms with Gasteiger partial charge in [0, 0.05) is 74.9 Å². The van der Waals surface area contributed by atoms with Crippen LogP contribution in [0.15, 0.2) is 0 Å². The smallest absolute Gasteiger partial charge is 0.0533 e. The molecule has 1 heterocycles. The number of nitrogens with one attached hydrogen (secondary N) is 6. The number of rotatable bonds is 6. The Bertz CT molecular complexity index is 462. The first-order chi connectivity index (χ1) is 13.7. The zero-order chi connectivity index (χ0) is 23.1. The van der Waals surface area contributed by atoms with Gasteiger partial charge in [0.05, 0.1) is 5.54 Å². The minimum atomic E-state index is -0.325. The molecule has 0 aromatic rings. The van der Waals surface area contributed by atoms with Crippen LogP contribution in [-0.4, -0.2) is 82.1 Å². The largest absolute Gasteiger partial charge is 0.322 e. The van der Waals surface area contributed by atoms with Crippen LogP contribution in [0.4, 0.5) is 0 Å². The van der Waals surface area contributed by atoms with Crippen LogP contribution in [-0.2, 0) is 0 Å². The van der Waals surface area contributed by atoms with Gasteiger partial charge < -0.3 is 37.6 Å². The highest BCUT2D eigenvalue weighted by atomic mass is 15.1. The second-order valence-electron chi connectivity index (χ2n) is 11.6. The maximum Gasteiger partial charge on any atom is 0.0533 e. The summed E-state index contributed by atoms with van der Waals surface area (Å²) in [7, 11) is 1.97. The number of hydrogen-bond donors (Lipinski definition) is 7. The fourth-order valence-corrected chi connectivity index (χ4v) is 3.95. The van der Waals surface area contributed by atoms with Gasteiger partial charge in [0.25, 0.3) is 0 Å². The third-order valence-electron chi connectivity index (χ3n) is 6.54. The van der Waals surface area contributed by atoms with Crippen LogP contribution >= 0.6 is 0 Å². The minimum absolute atomic E-state index is 0.0222. The molecule has 0 unspecified atom stereocenters. The molecule has 0 radical (unpaired) electrons. The van der Waals surface area contributed by atoms with Crippen molar-refractivity contribution in [2.45, 2.75) is 78.0 Å². The van der Waals surface area contributed by atoms with Crippen molar-refractivity contribution in [1.82, 2.24) is 31.9 Å². The van der Waals surface area contributed by atoms with E-state index < -0.39 is 0 Å². The van der Waals surface area contributed by atoms with Crippen LogP contribution in [0.3, 0.4) is 0 Å². The molecule has 0 spiro atoms. The van der Waals surface area contributed by atoms with Gasteiger partial charge in [-0.1, -0.05) is 27.7 Å². The predicted molar refractivity (Wildman–Crippen MR) is 131 cm³/mol. The summed E-state index contributed by atoms with van der Waals surface area (Å²) < 4.78 is 0. The second-order valence-corrected chi connectivity index (χ2v) is 11.6. The van der Waals surface area contributed by atoms with Crippen molar-refractivity contribution < 1.29 is 0 Å². The van der Waals surface area contributed by atoms with Gasteiger partial charge in [0.1, 0.15) is 0 Å². The van der Waals surface area contributed by atoms with Gasteiger partial charge in [-0.3, -0.25) is 0 Å². The van der Waals surface area contributed by atoms with Crippen LogP contribution in [0, 0.1) is 11.3 Å². The molecule has 0 bridgehead atoms. The zero-order valence-corrected chi connectivity index (χ0v) is 21.4. The van der Waals surface area contributed by atoms with Gasteiger partial charge in [-0.2, -0.15) is 0 Å². The van der Waals surface area contributed by atoms with E-state index in [0.717, 1.165) is 52.4 Å². The van der Waals surface area contributed by atoms with E-state index in [-0.39, 0.29) is 22.0 Å². The first-order valence-electron chi connectivity index (χ1n) is 11.8. The van der Waals surface area contributed by atoms with E-state index in [1.165, 1.54) is 0 Å². The summed E-state index contributed by atoms with van der Waals surface area (Å²) in [4.78, 5) is 0. The third-order valence-corrected chi connectivity index (χ3v) is 6.54. The first-order valence-corrected chi connectivity index (χ1v) is 11.8. The van der Waals surface area contributed by atoms with Crippen LogP contribution in [0.2, 0.25) is 0 Å². The molecule has 1 aliphatic rings. The monoisotopic (exact) mass is 427 g/mol. The Morgan fingerprint density at radius 1 is 0.767 bits per heavy atom. The predicted octanol–water partition coefficient (Wildman–Crippen LogP) is 0.473. The van der Waals surface area contributed by atoms with Gasteiger partial charge in [-0.05, 0) is 40.7 Å². The van der Waals surface area contributed by atoms with Crippen molar-refractivity contribution >= 4 is 0 Å². The molecule has 0 aromatic heterocycles. The molecule has 0 atom stereocenters. The van der Waals surface area contributed by atoms with Crippen molar-refractivity contribution in [1.29, 1.82) is 0 Å². The summed E-state index contributed by atoms with van der Waals surface area (Å²) in [6.07, 6.45) is 0. The Morgan fingerprint density at radius 3 is 1.60 bits per heavy atom. The van der Waals surface area contributed by atoms with Crippen molar-refractivity contribution in [3.63, 3.8) is 0 Å². The Kier molecular flexibility index (Phi) is 10.7. The summed E-state index contributed by atoms with van der Waals surface area (Å²) in [6.45, 7) is 25.2. The maximum absolute atomic E-state index is 6.71. The molecule has 7 heteroatoms. The van der Waals surface area contributed by atoms with Crippen molar-refractivity contribution in [3.05, 3.63) is 0 Å². The number of hydrogen-bond acceptors (Lipinski definition) is 7. The van der Waals surface area contributed by atoms with E-state index in [9.17, 15) is 0 Å². The highest BCUT2D eigenvalue weighted by Crippen LogP contribution is 2.28. The fraction of sp³-hybridized carbons (Fsp3) is 1.00. The Balaban J connectivity index is 3.07. The molecule has 180 valence electrons. The highest BCUT2D eigenvalue weighted by Gasteiger charge is 2.37. The van der Waals surface area contributed by atoms with Crippen molar-refractivity contribution in [2.75, 3.05) is 59.4 Å². The molecule has 1 rings (SSSR count). The highest BCUT2D eigenvalue weighted by molar-refractivity contribution is 4.98. The molecule has 1 aliphatic heterocycles. The number of nitrogens with two attached hydrogens (primary N) is 1. The molecular formula is C23H53N7. The molecule has 7 nitrogen and oxygen atoms in total. The summed E-state index contributed by atoms with van der Waals surface area (Å²) in [5.41, 5.74) is 6.46. The SMILES string of the molecule is CNCC1(N)CNCC(C)(C)NCC(CNC(C)C)(C(C)C)CNC(C)(C)CNC1. The molecule has 8 N–H and O–H groups in total. The summed E-state index contributed by atoms with van der Waals surface area (Å²) >= 11 is 0. The molecule has 1 fully saturated rings. The van der Waals surface area contributed by atoms with Crippen LogP contribution in [0.5, 0.6) is 0 Å². The molecule has 0 aromatic carbocycles. The van der Waals surface area contributed by atoms with Crippen LogP contribution in [0.25, 0.3) is 0 Å². The lowest BCUT2D eigenvalue weighted by molar-refractivity contribution is 0.131. The lowest BCUT2D eigenvalue weighted by Crippen LogP contribution is -2.65. The molecule has 0 saturated carbocycles. The molecule has 0 aliphatic carbocycles. The molecular weight excluding hydrogens is 374 g/mol. The number of likely N-dealkylation sites (N-methyl/N-ethyl adjacent to an activating group) is 1. The Labute approximate surface area is 186 Å². The Morgan fingerprint density at radius 2 is 1.23 bits per heavy atom. The average Bonchev–Trinajstić information content (AvgIpc) is 2.60. The van der Waals surface area contributed by atoms with E-state index in [2.05, 4.69) is 87.3 Å². The van der Waals surface area contributed by atoms with E-state index in [0.29, 0.717) is 12.0 Å². The van der Waals surface area contributed by atoms with Crippen molar-refractivity contribution in [3.8, 4) is 0 Å². The summed E-state index contributed by atoms with van der Waals surface area (Å²) in [6, 6.07) is 0.475. The van der Waals surface area contributed by atoms with Gasteiger partial charge in [-0.15, -0.1) is 0 Å². The standard InChI is InChI=1S/C23H53N7/c1-18(2)22(12-28-19(3)4)13-29-20(5,6)10-26-16-23(24,15-25-9)17-27-11-21(7,8)30-14-22/h18-19,25-30H,10-17,24H2,1-9H3. The normalized spacial score (nSPS) is 31.6. The zero-order valence-electron chi connectivity index (χ0n) is 21.4. The van der Waals surface area contributed by atoms with Crippen LogP contribution < -0.4 is 37.6 Å². The molecule has 1 saturated heterocycles. The van der Waals surface area contributed by atoms with Gasteiger partial charge in [0.15, 0.2) is 0 Å². The van der Waals surface area contributed by atoms with E-state index >= 15 is 0 Å². The lowest BCUT2D eigenvalue weighted by atomic mass is 9.75. The van der Waals surface area contributed by atoms with E-state index in [1.807, 2.05) is 7.05 Å². The van der Waals surface area contributed by atoms with Gasteiger partial charge in [-0.25, -0.2) is 0 Å². The van der Waals surface area contributed by atoms with E-state index in [1.54, 1.807) is 0 Å². The van der Waals surface area contributed by atoms with Gasteiger partial charge in [0.2, 0.25) is 0 Å². The van der Waals surface area contributed by atoms with Gasteiger partial charge >= 0.3 is 0 Å². The Hall–Kier alpha value is -0.280. The summed E-state index contributed by atoms with van der Waals surface area (Å²) in [5, 5.41) is 22.0. The second kappa shape index (κ2) is 11.5.